The minimum Gasteiger partial charge on any atom is -0.340 e. The van der Waals surface area contributed by atoms with Gasteiger partial charge in [-0.1, -0.05) is 129 Å². The number of benzene rings is 9. The molecule has 11 rings (SSSR count). The number of anilines is 5. The summed E-state index contributed by atoms with van der Waals surface area (Å²) in [6.45, 7) is 5.74. The molecule has 0 fully saturated rings. The summed E-state index contributed by atoms with van der Waals surface area (Å²) in [5.41, 5.74) is 12.9. The van der Waals surface area contributed by atoms with Crippen molar-refractivity contribution in [3.05, 3.63) is 174 Å². The molecule has 9 aromatic rings. The lowest BCUT2D eigenvalue weighted by atomic mass is 9.82. The average Bonchev–Trinajstić information content (AvgIpc) is 3.70. The van der Waals surface area contributed by atoms with Crippen LogP contribution in [0.2, 0.25) is 0 Å². The summed E-state index contributed by atoms with van der Waals surface area (Å²) in [6, 6.07) is 59.2. The maximum atomic E-state index is 2.52. The second-order valence-electron chi connectivity index (χ2n) is 14.9. The first-order chi connectivity index (χ1) is 25.0. The number of hydrogen-bond donors (Lipinski definition) is 0. The molecule has 0 radical (unpaired) electrons. The first-order valence-electron chi connectivity index (χ1n) is 18.1. The van der Waals surface area contributed by atoms with Crippen molar-refractivity contribution in [2.45, 2.75) is 25.7 Å². The van der Waals surface area contributed by atoms with Gasteiger partial charge in [0.05, 0.1) is 5.69 Å². The SMILES string of the molecule is CC1(C)c2ccccc2-c2ccc(N(c3ccc4ccccc4c3)c3ccc4ccc5c(N6CCc7ccccc76)ccc6ccc3c4c65)cc21. The minimum atomic E-state index is -0.0930. The molecule has 0 aromatic heterocycles. The Labute approximate surface area is 298 Å². The Morgan fingerprint density at radius 3 is 2.04 bits per heavy atom. The van der Waals surface area contributed by atoms with Gasteiger partial charge in [-0.3, -0.25) is 0 Å². The average molecular weight is 653 g/mol. The fraction of sp³-hybridized carbons (Fsp3) is 0.102. The summed E-state index contributed by atoms with van der Waals surface area (Å²) < 4.78 is 0. The van der Waals surface area contributed by atoms with Gasteiger partial charge >= 0.3 is 0 Å². The van der Waals surface area contributed by atoms with E-state index in [9.17, 15) is 0 Å². The Hall–Kier alpha value is -6.12. The zero-order valence-electron chi connectivity index (χ0n) is 28.8. The summed E-state index contributed by atoms with van der Waals surface area (Å²) in [7, 11) is 0. The summed E-state index contributed by atoms with van der Waals surface area (Å²) >= 11 is 0. The van der Waals surface area contributed by atoms with Gasteiger partial charge in [0.15, 0.2) is 0 Å². The van der Waals surface area contributed by atoms with Crippen LogP contribution in [0.25, 0.3) is 54.2 Å². The molecule has 1 aliphatic carbocycles. The molecule has 2 heteroatoms. The topological polar surface area (TPSA) is 6.48 Å². The highest BCUT2D eigenvalue weighted by Crippen LogP contribution is 2.52. The summed E-state index contributed by atoms with van der Waals surface area (Å²) in [5.74, 6) is 0. The largest absolute Gasteiger partial charge is 0.340 e. The lowest BCUT2D eigenvalue weighted by Gasteiger charge is -2.30. The van der Waals surface area contributed by atoms with Gasteiger partial charge in [-0.25, -0.2) is 0 Å². The fourth-order valence-electron chi connectivity index (χ4n) is 9.36. The van der Waals surface area contributed by atoms with E-state index in [0.717, 1.165) is 18.7 Å². The van der Waals surface area contributed by atoms with Gasteiger partial charge in [0, 0.05) is 45.5 Å². The van der Waals surface area contributed by atoms with Crippen LogP contribution in [-0.2, 0) is 11.8 Å². The molecule has 0 bridgehead atoms. The van der Waals surface area contributed by atoms with Gasteiger partial charge in [0.1, 0.15) is 0 Å². The smallest absolute Gasteiger partial charge is 0.0540 e. The van der Waals surface area contributed by atoms with Gasteiger partial charge in [-0.05, 0) is 109 Å². The van der Waals surface area contributed by atoms with E-state index in [1.165, 1.54) is 93.7 Å². The molecule has 2 nitrogen and oxygen atoms in total. The van der Waals surface area contributed by atoms with Crippen LogP contribution in [0.3, 0.4) is 0 Å². The van der Waals surface area contributed by atoms with Crippen LogP contribution < -0.4 is 9.80 Å². The van der Waals surface area contributed by atoms with Crippen LogP contribution in [0.1, 0.15) is 30.5 Å². The monoisotopic (exact) mass is 652 g/mol. The highest BCUT2D eigenvalue weighted by Gasteiger charge is 2.36. The Balaban J connectivity index is 1.16. The lowest BCUT2D eigenvalue weighted by molar-refractivity contribution is 0.660. The maximum absolute atomic E-state index is 2.52. The van der Waals surface area contributed by atoms with Gasteiger partial charge < -0.3 is 9.80 Å². The zero-order valence-corrected chi connectivity index (χ0v) is 28.8. The van der Waals surface area contributed by atoms with E-state index >= 15 is 0 Å². The van der Waals surface area contributed by atoms with Gasteiger partial charge in [0.25, 0.3) is 0 Å². The van der Waals surface area contributed by atoms with E-state index in [1.807, 2.05) is 0 Å². The molecule has 2 aliphatic rings. The normalized spacial score (nSPS) is 14.4. The molecule has 0 saturated carbocycles. The van der Waals surface area contributed by atoms with Crippen molar-refractivity contribution in [1.29, 1.82) is 0 Å². The first kappa shape index (κ1) is 28.7. The van der Waals surface area contributed by atoms with Crippen molar-refractivity contribution in [3.8, 4) is 11.1 Å². The molecule has 0 unspecified atom stereocenters. The van der Waals surface area contributed by atoms with Crippen LogP contribution in [-0.4, -0.2) is 6.54 Å². The third kappa shape index (κ3) is 4.05. The third-order valence-electron chi connectivity index (χ3n) is 11.9. The van der Waals surface area contributed by atoms with Gasteiger partial charge in [0.2, 0.25) is 0 Å². The predicted molar refractivity (Wildman–Crippen MR) is 217 cm³/mol. The molecular weight excluding hydrogens is 617 g/mol. The number of rotatable bonds is 4. The Kier molecular flexibility index (Phi) is 5.88. The van der Waals surface area contributed by atoms with Crippen LogP contribution >= 0.6 is 0 Å². The van der Waals surface area contributed by atoms with Crippen LogP contribution in [0.15, 0.2) is 158 Å². The van der Waals surface area contributed by atoms with E-state index in [2.05, 4.69) is 181 Å². The van der Waals surface area contributed by atoms with Crippen molar-refractivity contribution >= 4 is 71.5 Å². The second-order valence-corrected chi connectivity index (χ2v) is 14.9. The van der Waals surface area contributed by atoms with E-state index in [1.54, 1.807) is 0 Å². The molecule has 1 heterocycles. The van der Waals surface area contributed by atoms with Crippen molar-refractivity contribution in [3.63, 3.8) is 0 Å². The first-order valence-corrected chi connectivity index (χ1v) is 18.1. The molecule has 1 aliphatic heterocycles. The number of nitrogens with zero attached hydrogens (tertiary/aromatic N) is 2. The fourth-order valence-corrected chi connectivity index (χ4v) is 9.36. The van der Waals surface area contributed by atoms with Crippen molar-refractivity contribution < 1.29 is 0 Å². The van der Waals surface area contributed by atoms with Gasteiger partial charge in [-0.2, -0.15) is 0 Å². The van der Waals surface area contributed by atoms with E-state index in [4.69, 9.17) is 0 Å². The molecular formula is C49H36N2. The van der Waals surface area contributed by atoms with E-state index < -0.39 is 0 Å². The molecule has 0 spiro atoms. The standard InChI is InChI=1S/C49H36N2/c1-49(2)42-13-7-6-12-38(42)39-24-21-37(30-43(39)49)51(36-20-15-31-9-3-4-11-35(31)29-36)46-26-19-34-16-22-40-45(50-28-27-32-10-5-8-14-44(32)50)25-18-33-17-23-41(46)48(34)47(33)40/h3-26,29-30H,27-28H2,1-2H3. The number of para-hydroxylation sites is 1. The highest BCUT2D eigenvalue weighted by molar-refractivity contribution is 6.28. The molecule has 9 aromatic carbocycles. The quantitative estimate of drug-likeness (QED) is 0.175. The summed E-state index contributed by atoms with van der Waals surface area (Å²) in [4.78, 5) is 5.02. The highest BCUT2D eigenvalue weighted by atomic mass is 15.2. The second kappa shape index (κ2) is 10.4. The maximum Gasteiger partial charge on any atom is 0.0540 e. The molecule has 0 saturated heterocycles. The van der Waals surface area contributed by atoms with Crippen LogP contribution in [0.5, 0.6) is 0 Å². The van der Waals surface area contributed by atoms with E-state index in [-0.39, 0.29) is 5.41 Å². The summed E-state index contributed by atoms with van der Waals surface area (Å²) in [6.07, 6.45) is 1.08. The molecule has 0 amide bonds. The van der Waals surface area contributed by atoms with Crippen molar-refractivity contribution in [2.75, 3.05) is 16.3 Å². The van der Waals surface area contributed by atoms with Crippen LogP contribution in [0.4, 0.5) is 28.4 Å². The molecule has 51 heavy (non-hydrogen) atoms. The minimum absolute atomic E-state index is 0.0930. The number of hydrogen-bond acceptors (Lipinski definition) is 2. The van der Waals surface area contributed by atoms with Gasteiger partial charge in [-0.15, -0.1) is 0 Å². The Morgan fingerprint density at radius 2 is 1.14 bits per heavy atom. The molecule has 242 valence electrons. The van der Waals surface area contributed by atoms with Crippen molar-refractivity contribution in [2.24, 2.45) is 0 Å². The zero-order chi connectivity index (χ0) is 33.8. The molecule has 0 N–H and O–H groups in total. The predicted octanol–water partition coefficient (Wildman–Crippen LogP) is 13.2. The Bertz CT molecular complexity index is 2860. The van der Waals surface area contributed by atoms with Crippen LogP contribution in [0, 0.1) is 0 Å². The lowest BCUT2D eigenvalue weighted by Crippen LogP contribution is -2.16. The molecule has 0 atom stereocenters. The van der Waals surface area contributed by atoms with E-state index in [0.29, 0.717) is 0 Å². The number of fused-ring (bicyclic) bond motifs is 5. The van der Waals surface area contributed by atoms with Crippen molar-refractivity contribution in [1.82, 2.24) is 0 Å². The third-order valence-corrected chi connectivity index (χ3v) is 11.9. The summed E-state index contributed by atoms with van der Waals surface area (Å²) in [5, 5.41) is 10.3. The Morgan fingerprint density at radius 1 is 0.490 bits per heavy atom.